The third-order valence-corrected chi connectivity index (χ3v) is 3.36. The van der Waals surface area contributed by atoms with E-state index in [1.807, 2.05) is 0 Å². The Morgan fingerprint density at radius 3 is 2.44 bits per heavy atom. The van der Waals surface area contributed by atoms with Gasteiger partial charge in [0, 0.05) is 0 Å². The SMILES string of the molecule is CC[P+](=O)OC(C)(C(=O)O)c1ccccc1. The molecule has 2 atom stereocenters. The van der Waals surface area contributed by atoms with E-state index in [0.717, 1.165) is 0 Å². The molecule has 4 nitrogen and oxygen atoms in total. The van der Waals surface area contributed by atoms with Crippen molar-refractivity contribution < 1.29 is 19.0 Å². The molecule has 0 fully saturated rings. The van der Waals surface area contributed by atoms with E-state index in [-0.39, 0.29) is 0 Å². The summed E-state index contributed by atoms with van der Waals surface area (Å²) in [6.07, 6.45) is 0.297. The first-order valence-corrected chi connectivity index (χ1v) is 6.29. The van der Waals surface area contributed by atoms with Crippen LogP contribution in [0, 0.1) is 0 Å². The molecule has 1 rings (SSSR count). The first kappa shape index (κ1) is 12.8. The van der Waals surface area contributed by atoms with Crippen LogP contribution in [0.2, 0.25) is 0 Å². The van der Waals surface area contributed by atoms with Gasteiger partial charge in [-0.25, -0.2) is 4.79 Å². The smallest absolute Gasteiger partial charge is 0.479 e. The Morgan fingerprint density at radius 1 is 1.44 bits per heavy atom. The Hall–Kier alpha value is -1.25. The molecule has 1 N–H and O–H groups in total. The van der Waals surface area contributed by atoms with Gasteiger partial charge in [0.2, 0.25) is 5.60 Å². The topological polar surface area (TPSA) is 63.6 Å². The fourth-order valence-corrected chi connectivity index (χ4v) is 1.96. The van der Waals surface area contributed by atoms with Crippen LogP contribution in [0.1, 0.15) is 19.4 Å². The summed E-state index contributed by atoms with van der Waals surface area (Å²) in [4.78, 5) is 11.2. The molecule has 2 unspecified atom stereocenters. The summed E-state index contributed by atoms with van der Waals surface area (Å²) < 4.78 is 16.5. The zero-order valence-corrected chi connectivity index (χ0v) is 10.1. The molecule has 1 aromatic rings. The lowest BCUT2D eigenvalue weighted by Crippen LogP contribution is -2.33. The molecule has 86 valence electrons. The maximum absolute atomic E-state index is 11.4. The fourth-order valence-electron chi connectivity index (χ4n) is 1.24. The van der Waals surface area contributed by atoms with Gasteiger partial charge in [0.05, 0.1) is 0 Å². The molecule has 0 spiro atoms. The average Bonchev–Trinajstić information content (AvgIpc) is 2.29. The summed E-state index contributed by atoms with van der Waals surface area (Å²) >= 11 is 0. The molecule has 0 saturated carbocycles. The van der Waals surface area contributed by atoms with Gasteiger partial charge in [0.1, 0.15) is 0 Å². The lowest BCUT2D eigenvalue weighted by Gasteiger charge is -2.18. The quantitative estimate of drug-likeness (QED) is 0.805. The number of hydrogen-bond acceptors (Lipinski definition) is 3. The minimum atomic E-state index is -1.95. The largest absolute Gasteiger partial charge is 0.509 e. The van der Waals surface area contributed by atoms with E-state index in [1.165, 1.54) is 6.92 Å². The van der Waals surface area contributed by atoms with Crippen LogP contribution in [0.25, 0.3) is 0 Å². The Bertz CT molecular complexity index is 390. The van der Waals surface area contributed by atoms with Crippen molar-refractivity contribution in [2.24, 2.45) is 0 Å². The van der Waals surface area contributed by atoms with E-state index in [4.69, 9.17) is 4.52 Å². The van der Waals surface area contributed by atoms with Crippen LogP contribution in [-0.2, 0) is 19.5 Å². The van der Waals surface area contributed by atoms with Crippen molar-refractivity contribution in [3.05, 3.63) is 35.9 Å². The molecule has 0 heterocycles. The molecule has 1 aromatic carbocycles. The van der Waals surface area contributed by atoms with Crippen LogP contribution in [-0.4, -0.2) is 17.2 Å². The van der Waals surface area contributed by atoms with Crippen LogP contribution in [0.3, 0.4) is 0 Å². The zero-order valence-electron chi connectivity index (χ0n) is 9.21. The van der Waals surface area contributed by atoms with E-state index in [9.17, 15) is 14.5 Å². The van der Waals surface area contributed by atoms with Gasteiger partial charge >= 0.3 is 14.0 Å². The van der Waals surface area contributed by atoms with Crippen molar-refractivity contribution in [2.45, 2.75) is 19.4 Å². The number of carboxylic acids is 1. The molecule has 0 amide bonds. The Kier molecular flexibility index (Phi) is 4.16. The molecule has 0 aliphatic heterocycles. The highest BCUT2D eigenvalue weighted by Crippen LogP contribution is 2.36. The van der Waals surface area contributed by atoms with E-state index in [2.05, 4.69) is 0 Å². The standard InChI is InChI=1S/C11H13O4P/c1-3-16(14)15-11(2,10(12)13)9-7-5-4-6-8-9/h4-8H,3H2,1-2H3/p+1. The maximum atomic E-state index is 11.4. The van der Waals surface area contributed by atoms with E-state index in [1.54, 1.807) is 37.3 Å². The lowest BCUT2D eigenvalue weighted by molar-refractivity contribution is -0.154. The van der Waals surface area contributed by atoms with Gasteiger partial charge in [-0.1, -0.05) is 30.3 Å². The van der Waals surface area contributed by atoms with Crippen LogP contribution >= 0.6 is 8.03 Å². The predicted octanol–water partition coefficient (Wildman–Crippen LogP) is 2.77. The van der Waals surface area contributed by atoms with Gasteiger partial charge in [-0.3, -0.25) is 0 Å². The van der Waals surface area contributed by atoms with E-state index in [0.29, 0.717) is 11.7 Å². The number of aliphatic carboxylic acids is 1. The third-order valence-electron chi connectivity index (χ3n) is 2.28. The molecule has 5 heteroatoms. The molecular weight excluding hydrogens is 227 g/mol. The minimum absolute atomic E-state index is 0.297. The van der Waals surface area contributed by atoms with Gasteiger partial charge in [-0.2, -0.15) is 0 Å². The van der Waals surface area contributed by atoms with Crippen LogP contribution < -0.4 is 0 Å². The molecule has 0 bridgehead atoms. The van der Waals surface area contributed by atoms with Gasteiger partial charge in [-0.05, 0) is 24.0 Å². The summed E-state index contributed by atoms with van der Waals surface area (Å²) in [7, 11) is -1.95. The summed E-state index contributed by atoms with van der Waals surface area (Å²) in [5, 5.41) is 9.18. The highest BCUT2D eigenvalue weighted by Gasteiger charge is 2.44. The lowest BCUT2D eigenvalue weighted by atomic mass is 9.97. The summed E-state index contributed by atoms with van der Waals surface area (Å²) in [5.41, 5.74) is -1.07. The van der Waals surface area contributed by atoms with Gasteiger partial charge in [-0.15, -0.1) is 4.52 Å². The highest BCUT2D eigenvalue weighted by atomic mass is 31.1. The molecular formula is C11H14O4P+. The fraction of sp³-hybridized carbons (Fsp3) is 0.364. The van der Waals surface area contributed by atoms with Crippen molar-refractivity contribution in [1.29, 1.82) is 0 Å². The summed E-state index contributed by atoms with van der Waals surface area (Å²) in [6, 6.07) is 8.52. The van der Waals surface area contributed by atoms with Crippen molar-refractivity contribution >= 4 is 14.0 Å². The Morgan fingerprint density at radius 2 is 2.00 bits per heavy atom. The van der Waals surface area contributed by atoms with Crippen molar-refractivity contribution in [2.75, 3.05) is 6.16 Å². The minimum Gasteiger partial charge on any atom is -0.479 e. The second kappa shape index (κ2) is 5.19. The number of carbonyl (C=O) groups is 1. The Labute approximate surface area is 95.1 Å². The number of rotatable bonds is 5. The third kappa shape index (κ3) is 2.65. The molecule has 0 aliphatic rings. The highest BCUT2D eigenvalue weighted by molar-refractivity contribution is 7.39. The zero-order chi connectivity index (χ0) is 12.2. The van der Waals surface area contributed by atoms with Crippen LogP contribution in [0.5, 0.6) is 0 Å². The number of carboxylic acid groups (broad SMARTS) is 1. The second-order valence-electron chi connectivity index (χ2n) is 3.44. The van der Waals surface area contributed by atoms with Gasteiger partial charge in [0.15, 0.2) is 6.16 Å². The summed E-state index contributed by atoms with van der Waals surface area (Å²) in [5.74, 6) is -1.14. The van der Waals surface area contributed by atoms with Crippen LogP contribution in [0.15, 0.2) is 30.3 Å². The monoisotopic (exact) mass is 241 g/mol. The van der Waals surface area contributed by atoms with E-state index < -0.39 is 19.6 Å². The predicted molar refractivity (Wildman–Crippen MR) is 60.7 cm³/mol. The molecule has 0 aromatic heterocycles. The second-order valence-corrected chi connectivity index (χ2v) is 4.93. The molecule has 0 aliphatic carbocycles. The number of benzene rings is 1. The van der Waals surface area contributed by atoms with Crippen molar-refractivity contribution in [3.63, 3.8) is 0 Å². The maximum Gasteiger partial charge on any atom is 0.509 e. The average molecular weight is 241 g/mol. The Balaban J connectivity index is 3.07. The number of hydrogen-bond donors (Lipinski definition) is 1. The van der Waals surface area contributed by atoms with Crippen LogP contribution in [0.4, 0.5) is 0 Å². The molecule has 0 saturated heterocycles. The summed E-state index contributed by atoms with van der Waals surface area (Å²) in [6.45, 7) is 3.10. The van der Waals surface area contributed by atoms with E-state index >= 15 is 0 Å². The van der Waals surface area contributed by atoms with Crippen molar-refractivity contribution in [1.82, 2.24) is 0 Å². The normalized spacial score (nSPS) is 15.2. The first-order valence-electron chi connectivity index (χ1n) is 4.93. The molecule has 0 radical (unpaired) electrons. The van der Waals surface area contributed by atoms with Crippen molar-refractivity contribution in [3.8, 4) is 0 Å². The first-order chi connectivity index (χ1) is 7.50. The molecule has 16 heavy (non-hydrogen) atoms. The van der Waals surface area contributed by atoms with Gasteiger partial charge < -0.3 is 5.11 Å². The van der Waals surface area contributed by atoms with Gasteiger partial charge in [0.25, 0.3) is 0 Å².